The Kier molecular flexibility index (Phi) is 12.1. The van der Waals surface area contributed by atoms with Gasteiger partial charge in [0.25, 0.3) is 0 Å². The van der Waals surface area contributed by atoms with Crippen molar-refractivity contribution < 1.29 is 33.7 Å². The summed E-state index contributed by atoms with van der Waals surface area (Å²) in [6.45, 7) is 12.5. The van der Waals surface area contributed by atoms with Crippen molar-refractivity contribution >= 4 is 18.5 Å². The Balaban J connectivity index is 0.000000282. The predicted molar refractivity (Wildman–Crippen MR) is 149 cm³/mol. The molecule has 1 fully saturated rings. The Labute approximate surface area is 231 Å². The molecule has 1 unspecified atom stereocenters. The molecular weight excluding hydrogens is 500 g/mol. The predicted octanol–water partition coefficient (Wildman–Crippen LogP) is 5.57. The average Bonchev–Trinajstić information content (AvgIpc) is 2.91. The van der Waals surface area contributed by atoms with E-state index in [1.54, 1.807) is 35.1 Å². The van der Waals surface area contributed by atoms with E-state index in [9.17, 15) is 14.4 Å². The van der Waals surface area contributed by atoms with Gasteiger partial charge >= 0.3 is 12.1 Å². The molecule has 1 aliphatic rings. The monoisotopic (exact) mass is 542 g/mol. The van der Waals surface area contributed by atoms with Crippen molar-refractivity contribution in [2.45, 2.75) is 65.5 Å². The van der Waals surface area contributed by atoms with Gasteiger partial charge in [-0.2, -0.15) is 0 Å². The van der Waals surface area contributed by atoms with Gasteiger partial charge in [-0.05, 0) is 77.3 Å². The fourth-order valence-corrected chi connectivity index (χ4v) is 4.22. The molecule has 1 aliphatic heterocycles. The van der Waals surface area contributed by atoms with E-state index < -0.39 is 11.6 Å². The van der Waals surface area contributed by atoms with E-state index in [0.717, 1.165) is 48.4 Å². The number of rotatable bonds is 9. The molecule has 214 valence electrons. The SMILES string of the molecule is CCOc1cc(OC)ccc1CN(CC)C(=O)OC(C)(C)C.O=CN1CCCC(c2cccc(C(=O)O)c2)C1. The van der Waals surface area contributed by atoms with E-state index in [-0.39, 0.29) is 12.0 Å². The van der Waals surface area contributed by atoms with E-state index in [0.29, 0.717) is 31.8 Å². The Morgan fingerprint density at radius 2 is 1.90 bits per heavy atom. The van der Waals surface area contributed by atoms with Crippen molar-refractivity contribution in [3.63, 3.8) is 0 Å². The molecule has 39 heavy (non-hydrogen) atoms. The molecule has 1 atom stereocenters. The highest BCUT2D eigenvalue weighted by Gasteiger charge is 2.23. The fourth-order valence-electron chi connectivity index (χ4n) is 4.22. The van der Waals surface area contributed by atoms with Crippen LogP contribution in [-0.4, -0.2) is 72.3 Å². The number of methoxy groups -OCH3 is 1. The third kappa shape index (κ3) is 10.1. The Morgan fingerprint density at radius 1 is 1.15 bits per heavy atom. The van der Waals surface area contributed by atoms with Crippen molar-refractivity contribution in [3.8, 4) is 11.5 Å². The van der Waals surface area contributed by atoms with Crippen LogP contribution in [-0.2, 0) is 16.1 Å². The summed E-state index contributed by atoms with van der Waals surface area (Å²) in [5.74, 6) is 0.805. The molecule has 1 N–H and O–H groups in total. The van der Waals surface area contributed by atoms with E-state index in [1.807, 2.05) is 58.9 Å². The van der Waals surface area contributed by atoms with Crippen LogP contribution in [0.5, 0.6) is 11.5 Å². The zero-order valence-electron chi connectivity index (χ0n) is 23.9. The van der Waals surface area contributed by atoms with Crippen molar-refractivity contribution in [3.05, 3.63) is 59.2 Å². The number of aromatic carboxylic acids is 1. The smallest absolute Gasteiger partial charge is 0.410 e. The van der Waals surface area contributed by atoms with Gasteiger partial charge in [0, 0.05) is 37.2 Å². The molecule has 9 heteroatoms. The van der Waals surface area contributed by atoms with Crippen molar-refractivity contribution in [1.82, 2.24) is 9.80 Å². The van der Waals surface area contributed by atoms with Crippen LogP contribution < -0.4 is 9.47 Å². The van der Waals surface area contributed by atoms with Crippen molar-refractivity contribution in [2.24, 2.45) is 0 Å². The summed E-state index contributed by atoms with van der Waals surface area (Å²) in [5.41, 5.74) is 1.74. The maximum absolute atomic E-state index is 12.2. The number of hydrogen-bond donors (Lipinski definition) is 1. The summed E-state index contributed by atoms with van der Waals surface area (Å²) in [7, 11) is 1.61. The minimum atomic E-state index is -0.907. The van der Waals surface area contributed by atoms with Crippen LogP contribution in [0.25, 0.3) is 0 Å². The van der Waals surface area contributed by atoms with E-state index in [1.165, 1.54) is 0 Å². The maximum Gasteiger partial charge on any atom is 0.410 e. The Hall–Kier alpha value is -3.75. The summed E-state index contributed by atoms with van der Waals surface area (Å²) in [6.07, 6.45) is 2.52. The lowest BCUT2D eigenvalue weighted by Crippen LogP contribution is -2.36. The van der Waals surface area contributed by atoms with E-state index in [2.05, 4.69) is 0 Å². The molecule has 1 heterocycles. The lowest BCUT2D eigenvalue weighted by molar-refractivity contribution is -0.119. The molecule has 0 bridgehead atoms. The standard InChI is InChI=1S/C17H27NO4.C13H15NO3/c1-7-18(16(19)22-17(3,4)5)12-13-9-10-14(20-6)11-15(13)21-8-2;15-9-14-6-2-5-12(8-14)10-3-1-4-11(7-10)13(16)17/h9-11H,7-8,12H2,1-6H3;1,3-4,7,9,12H,2,5-6,8H2,(H,16,17). The van der Waals surface area contributed by atoms with Gasteiger partial charge in [-0.1, -0.05) is 12.1 Å². The molecule has 3 rings (SSSR count). The lowest BCUT2D eigenvalue weighted by atomic mass is 9.90. The summed E-state index contributed by atoms with van der Waals surface area (Å²) >= 11 is 0. The van der Waals surface area contributed by atoms with Gasteiger partial charge in [0.1, 0.15) is 17.1 Å². The van der Waals surface area contributed by atoms with E-state index in [4.69, 9.17) is 19.3 Å². The third-order valence-corrected chi connectivity index (χ3v) is 6.18. The quantitative estimate of drug-likeness (QED) is 0.413. The largest absolute Gasteiger partial charge is 0.497 e. The van der Waals surface area contributed by atoms with Gasteiger partial charge in [-0.3, -0.25) is 4.79 Å². The number of carbonyl (C=O) groups excluding carboxylic acids is 2. The first-order valence-corrected chi connectivity index (χ1v) is 13.3. The molecule has 2 aromatic carbocycles. The summed E-state index contributed by atoms with van der Waals surface area (Å²) in [5, 5.41) is 8.94. The van der Waals surface area contributed by atoms with Crippen LogP contribution >= 0.6 is 0 Å². The third-order valence-electron chi connectivity index (χ3n) is 6.18. The van der Waals surface area contributed by atoms with Crippen LogP contribution in [0.3, 0.4) is 0 Å². The molecule has 0 saturated carbocycles. The number of benzene rings is 2. The minimum absolute atomic E-state index is 0.258. The second-order valence-electron chi connectivity index (χ2n) is 10.3. The van der Waals surface area contributed by atoms with Crippen molar-refractivity contribution in [1.29, 1.82) is 0 Å². The highest BCUT2D eigenvalue weighted by molar-refractivity contribution is 5.87. The summed E-state index contributed by atoms with van der Waals surface area (Å²) in [6, 6.07) is 12.6. The van der Waals surface area contributed by atoms with E-state index >= 15 is 0 Å². The normalized spacial score (nSPS) is 14.9. The first-order chi connectivity index (χ1) is 18.5. The van der Waals surface area contributed by atoms with Crippen molar-refractivity contribution in [2.75, 3.05) is 33.4 Å². The molecule has 2 aromatic rings. The Bertz CT molecular complexity index is 1100. The topological polar surface area (TPSA) is 106 Å². The van der Waals surface area contributed by atoms with Crippen LogP contribution in [0, 0.1) is 0 Å². The molecule has 1 saturated heterocycles. The minimum Gasteiger partial charge on any atom is -0.497 e. The zero-order valence-corrected chi connectivity index (χ0v) is 23.9. The first kappa shape index (κ1) is 31.5. The van der Waals surface area contributed by atoms with Gasteiger partial charge < -0.3 is 29.1 Å². The van der Waals surface area contributed by atoms with Crippen LogP contribution in [0.1, 0.15) is 74.9 Å². The fraction of sp³-hybridized carbons (Fsp3) is 0.500. The average molecular weight is 543 g/mol. The van der Waals surface area contributed by atoms with Crippen LogP contribution in [0.15, 0.2) is 42.5 Å². The molecule has 0 spiro atoms. The highest BCUT2D eigenvalue weighted by Crippen LogP contribution is 2.28. The summed E-state index contributed by atoms with van der Waals surface area (Å²) in [4.78, 5) is 37.3. The number of nitrogens with zero attached hydrogens (tertiary/aromatic N) is 2. The van der Waals surface area contributed by atoms with Gasteiger partial charge in [0.2, 0.25) is 6.41 Å². The number of carboxylic acids is 1. The van der Waals surface area contributed by atoms with Gasteiger partial charge in [-0.25, -0.2) is 9.59 Å². The number of likely N-dealkylation sites (tertiary alicyclic amines) is 1. The second kappa shape index (κ2) is 15.0. The number of piperidine rings is 1. The molecule has 0 radical (unpaired) electrons. The molecule has 0 aliphatic carbocycles. The first-order valence-electron chi connectivity index (χ1n) is 13.3. The van der Waals surface area contributed by atoms with Gasteiger partial charge in [0.15, 0.2) is 0 Å². The molecular formula is C30H42N2O7. The Morgan fingerprint density at radius 3 is 2.49 bits per heavy atom. The van der Waals surface area contributed by atoms with Crippen LogP contribution in [0.2, 0.25) is 0 Å². The lowest BCUT2D eigenvalue weighted by Gasteiger charge is -2.30. The van der Waals surface area contributed by atoms with Gasteiger partial charge in [0.05, 0.1) is 25.8 Å². The number of carboxylic acid groups (broad SMARTS) is 1. The number of hydrogen-bond acceptors (Lipinski definition) is 6. The van der Waals surface area contributed by atoms with Crippen LogP contribution in [0.4, 0.5) is 4.79 Å². The second-order valence-corrected chi connectivity index (χ2v) is 10.3. The highest BCUT2D eigenvalue weighted by atomic mass is 16.6. The zero-order chi connectivity index (χ0) is 29.0. The molecule has 9 nitrogen and oxygen atoms in total. The molecule has 0 aromatic heterocycles. The number of amides is 2. The van der Waals surface area contributed by atoms with Gasteiger partial charge in [-0.15, -0.1) is 0 Å². The number of ether oxygens (including phenoxy) is 3. The summed E-state index contributed by atoms with van der Waals surface area (Å²) < 4.78 is 16.3. The number of carbonyl (C=O) groups is 3. The molecule has 2 amide bonds. The maximum atomic E-state index is 12.2.